The summed E-state index contributed by atoms with van der Waals surface area (Å²) in [4.78, 5) is 4.09. The van der Waals surface area contributed by atoms with Gasteiger partial charge in [0.05, 0.1) is 5.69 Å². The average Bonchev–Trinajstić information content (AvgIpc) is 2.83. The Kier molecular flexibility index (Phi) is 2.72. The van der Waals surface area contributed by atoms with Gasteiger partial charge in [0, 0.05) is 32.6 Å². The number of hydrogen-bond donors (Lipinski definition) is 1. The fraction of sp³-hybridized carbons (Fsp3) is 0.500. The summed E-state index contributed by atoms with van der Waals surface area (Å²) in [7, 11) is 0. The second-order valence-corrected chi connectivity index (χ2v) is 3.16. The molecule has 0 saturated heterocycles. The van der Waals surface area contributed by atoms with Crippen molar-refractivity contribution in [2.75, 3.05) is 0 Å². The van der Waals surface area contributed by atoms with Gasteiger partial charge in [-0.05, 0) is 0 Å². The van der Waals surface area contributed by atoms with E-state index in [0.717, 1.165) is 5.69 Å². The molecule has 2 aromatic heterocycles. The number of nitrogens with two attached hydrogens (primary N) is 1. The van der Waals surface area contributed by atoms with Crippen LogP contribution in [0.3, 0.4) is 0 Å². The lowest BCUT2D eigenvalue weighted by Gasteiger charge is -1.94. The molecule has 2 rings (SSSR count). The van der Waals surface area contributed by atoms with Gasteiger partial charge in [0.15, 0.2) is 5.82 Å². The average molecular weight is 208 g/mol. The van der Waals surface area contributed by atoms with E-state index >= 15 is 0 Å². The van der Waals surface area contributed by atoms with Crippen LogP contribution in [0, 0.1) is 6.92 Å². The maximum Gasteiger partial charge on any atom is 0.223 e. The molecule has 0 spiro atoms. The second kappa shape index (κ2) is 4.18. The zero-order valence-electron chi connectivity index (χ0n) is 8.42. The molecule has 0 bridgehead atoms. The normalized spacial score (nSPS) is 10.8. The van der Waals surface area contributed by atoms with E-state index in [0.29, 0.717) is 31.2 Å². The van der Waals surface area contributed by atoms with E-state index in [1.807, 2.05) is 6.20 Å². The standard InChI is InChI=1S/C8H12N6O/c1-6-10-8(12-15-6)2-3-14-5-7(4-9)11-13-14/h5H,2-4,9H2,1H3. The maximum absolute atomic E-state index is 5.42. The zero-order valence-corrected chi connectivity index (χ0v) is 8.42. The molecule has 7 heteroatoms. The summed E-state index contributed by atoms with van der Waals surface area (Å²) in [5.74, 6) is 1.25. The number of aromatic nitrogens is 5. The Morgan fingerprint density at radius 3 is 3.00 bits per heavy atom. The van der Waals surface area contributed by atoms with Crippen molar-refractivity contribution in [1.82, 2.24) is 25.1 Å². The van der Waals surface area contributed by atoms with Crippen LogP contribution in [-0.2, 0) is 19.5 Å². The molecule has 15 heavy (non-hydrogen) atoms. The molecule has 0 saturated carbocycles. The van der Waals surface area contributed by atoms with E-state index in [1.165, 1.54) is 0 Å². The van der Waals surface area contributed by atoms with Crippen molar-refractivity contribution in [2.24, 2.45) is 5.73 Å². The summed E-state index contributed by atoms with van der Waals surface area (Å²) >= 11 is 0. The minimum Gasteiger partial charge on any atom is -0.340 e. The topological polar surface area (TPSA) is 95.7 Å². The summed E-state index contributed by atoms with van der Waals surface area (Å²) in [5.41, 5.74) is 6.20. The third-order valence-electron chi connectivity index (χ3n) is 1.93. The molecule has 0 aliphatic rings. The van der Waals surface area contributed by atoms with Crippen molar-refractivity contribution in [1.29, 1.82) is 0 Å². The highest BCUT2D eigenvalue weighted by Crippen LogP contribution is 1.98. The van der Waals surface area contributed by atoms with Crippen molar-refractivity contribution in [3.63, 3.8) is 0 Å². The fourth-order valence-electron chi connectivity index (χ4n) is 1.20. The van der Waals surface area contributed by atoms with Crippen LogP contribution in [0.25, 0.3) is 0 Å². The van der Waals surface area contributed by atoms with E-state index in [4.69, 9.17) is 10.3 Å². The highest BCUT2D eigenvalue weighted by Gasteiger charge is 2.03. The fourth-order valence-corrected chi connectivity index (χ4v) is 1.20. The smallest absolute Gasteiger partial charge is 0.223 e. The van der Waals surface area contributed by atoms with Gasteiger partial charge in [-0.15, -0.1) is 5.10 Å². The molecule has 7 nitrogen and oxygen atoms in total. The van der Waals surface area contributed by atoms with Gasteiger partial charge in [0.1, 0.15) is 0 Å². The third-order valence-corrected chi connectivity index (χ3v) is 1.93. The summed E-state index contributed by atoms with van der Waals surface area (Å²) in [6.45, 7) is 2.84. The predicted molar refractivity (Wildman–Crippen MR) is 50.7 cm³/mol. The largest absolute Gasteiger partial charge is 0.340 e. The van der Waals surface area contributed by atoms with Gasteiger partial charge >= 0.3 is 0 Å². The van der Waals surface area contributed by atoms with Gasteiger partial charge in [-0.25, -0.2) is 0 Å². The van der Waals surface area contributed by atoms with Gasteiger partial charge in [-0.1, -0.05) is 10.4 Å². The van der Waals surface area contributed by atoms with Crippen LogP contribution in [0.4, 0.5) is 0 Å². The van der Waals surface area contributed by atoms with Gasteiger partial charge < -0.3 is 10.3 Å². The second-order valence-electron chi connectivity index (χ2n) is 3.16. The number of nitrogens with zero attached hydrogens (tertiary/aromatic N) is 5. The monoisotopic (exact) mass is 208 g/mol. The molecule has 2 N–H and O–H groups in total. The Labute approximate surface area is 86.3 Å². The Morgan fingerprint density at radius 2 is 2.40 bits per heavy atom. The minimum absolute atomic E-state index is 0.404. The summed E-state index contributed by atoms with van der Waals surface area (Å²) in [6, 6.07) is 0. The summed E-state index contributed by atoms with van der Waals surface area (Å²) in [5, 5.41) is 11.6. The van der Waals surface area contributed by atoms with Crippen molar-refractivity contribution in [2.45, 2.75) is 26.4 Å². The van der Waals surface area contributed by atoms with Crippen LogP contribution in [0.1, 0.15) is 17.4 Å². The molecule has 0 aliphatic carbocycles. The molecular formula is C8H12N6O. The first-order chi connectivity index (χ1) is 7.28. The number of hydrogen-bond acceptors (Lipinski definition) is 6. The highest BCUT2D eigenvalue weighted by atomic mass is 16.5. The summed E-state index contributed by atoms with van der Waals surface area (Å²) in [6.07, 6.45) is 2.48. The van der Waals surface area contributed by atoms with E-state index in [2.05, 4.69) is 20.5 Å². The van der Waals surface area contributed by atoms with Gasteiger partial charge in [0.25, 0.3) is 0 Å². The van der Waals surface area contributed by atoms with Crippen LogP contribution in [0.15, 0.2) is 10.7 Å². The van der Waals surface area contributed by atoms with E-state index in [-0.39, 0.29) is 0 Å². The predicted octanol–water partition coefficient (Wildman–Crippen LogP) is -0.329. The number of rotatable bonds is 4. The first kappa shape index (κ1) is 9.78. The molecule has 0 atom stereocenters. The molecule has 80 valence electrons. The van der Waals surface area contributed by atoms with Crippen LogP contribution in [-0.4, -0.2) is 25.1 Å². The lowest BCUT2D eigenvalue weighted by atomic mass is 10.4. The zero-order chi connectivity index (χ0) is 10.7. The summed E-state index contributed by atoms with van der Waals surface area (Å²) < 4.78 is 6.57. The lowest BCUT2D eigenvalue weighted by molar-refractivity contribution is 0.385. The molecular weight excluding hydrogens is 196 g/mol. The van der Waals surface area contributed by atoms with E-state index in [9.17, 15) is 0 Å². The van der Waals surface area contributed by atoms with Crippen LogP contribution in [0.5, 0.6) is 0 Å². The SMILES string of the molecule is Cc1nc(CCn2cc(CN)nn2)no1. The molecule has 0 fully saturated rings. The maximum atomic E-state index is 5.42. The highest BCUT2D eigenvalue weighted by molar-refractivity contribution is 4.91. The molecule has 0 aromatic carbocycles. The van der Waals surface area contributed by atoms with Crippen LogP contribution in [0.2, 0.25) is 0 Å². The first-order valence-electron chi connectivity index (χ1n) is 4.66. The Bertz CT molecular complexity index is 434. The van der Waals surface area contributed by atoms with Crippen LogP contribution < -0.4 is 5.73 Å². The van der Waals surface area contributed by atoms with Crippen molar-refractivity contribution >= 4 is 0 Å². The number of aryl methyl sites for hydroxylation is 3. The van der Waals surface area contributed by atoms with Crippen LogP contribution >= 0.6 is 0 Å². The van der Waals surface area contributed by atoms with Crippen molar-refractivity contribution in [3.05, 3.63) is 23.6 Å². The molecule has 2 aromatic rings. The Hall–Kier alpha value is -1.76. The van der Waals surface area contributed by atoms with Crippen molar-refractivity contribution < 1.29 is 4.52 Å². The molecule has 0 aliphatic heterocycles. The Morgan fingerprint density at radius 1 is 1.53 bits per heavy atom. The van der Waals surface area contributed by atoms with Gasteiger partial charge in [-0.3, -0.25) is 4.68 Å². The van der Waals surface area contributed by atoms with Crippen molar-refractivity contribution in [3.8, 4) is 0 Å². The quantitative estimate of drug-likeness (QED) is 0.739. The minimum atomic E-state index is 0.404. The molecule has 0 unspecified atom stereocenters. The third kappa shape index (κ3) is 2.38. The first-order valence-corrected chi connectivity index (χ1v) is 4.66. The lowest BCUT2D eigenvalue weighted by Crippen LogP contribution is -2.03. The molecule has 2 heterocycles. The van der Waals surface area contributed by atoms with Gasteiger partial charge in [-0.2, -0.15) is 4.98 Å². The molecule has 0 radical (unpaired) electrons. The Balaban J connectivity index is 1.93. The van der Waals surface area contributed by atoms with E-state index < -0.39 is 0 Å². The molecule has 0 amide bonds. The van der Waals surface area contributed by atoms with E-state index in [1.54, 1.807) is 11.6 Å². The van der Waals surface area contributed by atoms with Gasteiger partial charge in [0.2, 0.25) is 5.89 Å².